The van der Waals surface area contributed by atoms with Gasteiger partial charge in [0, 0.05) is 6.04 Å². The van der Waals surface area contributed by atoms with Gasteiger partial charge < -0.3 is 5.32 Å². The Hall–Kier alpha value is -0.690. The van der Waals surface area contributed by atoms with Gasteiger partial charge in [0.25, 0.3) is 0 Å². The van der Waals surface area contributed by atoms with E-state index in [1.165, 1.54) is 25.1 Å². The van der Waals surface area contributed by atoms with E-state index in [0.717, 1.165) is 0 Å². The molecular formula is C11H11BrF5N. The molecule has 1 rings (SSSR count). The van der Waals surface area contributed by atoms with Gasteiger partial charge in [0.05, 0.1) is 11.0 Å². The van der Waals surface area contributed by atoms with E-state index in [0.29, 0.717) is 5.56 Å². The first-order valence-electron chi connectivity index (χ1n) is 5.08. The summed E-state index contributed by atoms with van der Waals surface area (Å²) in [6.07, 6.45) is -3.71. The van der Waals surface area contributed by atoms with E-state index < -0.39 is 30.8 Å². The topological polar surface area (TPSA) is 12.0 Å². The Kier molecular flexibility index (Phi) is 5.10. The molecule has 0 saturated heterocycles. The Morgan fingerprint density at radius 2 is 1.94 bits per heavy atom. The van der Waals surface area contributed by atoms with Crippen molar-refractivity contribution in [1.82, 2.24) is 5.32 Å². The lowest BCUT2D eigenvalue weighted by Crippen LogP contribution is -2.39. The van der Waals surface area contributed by atoms with Gasteiger partial charge in [0.1, 0.15) is 5.82 Å². The molecular weight excluding hydrogens is 321 g/mol. The molecule has 1 aromatic rings. The lowest BCUT2D eigenvalue weighted by atomic mass is 10.1. The predicted molar refractivity (Wildman–Crippen MR) is 61.5 cm³/mol. The van der Waals surface area contributed by atoms with Crippen LogP contribution in [0.3, 0.4) is 0 Å². The molecule has 0 spiro atoms. The Labute approximate surface area is 110 Å². The van der Waals surface area contributed by atoms with Gasteiger partial charge in [-0.2, -0.15) is 8.78 Å². The van der Waals surface area contributed by atoms with Crippen LogP contribution in [0.5, 0.6) is 0 Å². The van der Waals surface area contributed by atoms with E-state index in [1.807, 2.05) is 0 Å². The van der Waals surface area contributed by atoms with E-state index >= 15 is 0 Å². The van der Waals surface area contributed by atoms with Gasteiger partial charge >= 0.3 is 12.3 Å². The molecule has 1 atom stereocenters. The number of hydrogen-bond acceptors (Lipinski definition) is 1. The van der Waals surface area contributed by atoms with Gasteiger partial charge in [-0.1, -0.05) is 6.07 Å². The molecule has 102 valence electrons. The van der Waals surface area contributed by atoms with Gasteiger partial charge in [-0.05, 0) is 40.5 Å². The molecule has 0 amide bonds. The fourth-order valence-corrected chi connectivity index (χ4v) is 1.66. The highest BCUT2D eigenvalue weighted by Crippen LogP contribution is 2.24. The van der Waals surface area contributed by atoms with Crippen LogP contribution < -0.4 is 5.32 Å². The first-order chi connectivity index (χ1) is 8.24. The molecule has 1 nitrogen and oxygen atoms in total. The van der Waals surface area contributed by atoms with Crippen molar-refractivity contribution in [2.45, 2.75) is 25.3 Å². The maximum absolute atomic E-state index is 13.0. The van der Waals surface area contributed by atoms with Crippen LogP contribution in [-0.2, 0) is 0 Å². The fourth-order valence-electron chi connectivity index (χ4n) is 1.27. The zero-order chi connectivity index (χ0) is 13.9. The molecule has 0 saturated carbocycles. The average molecular weight is 332 g/mol. The Bertz CT molecular complexity index is 410. The minimum atomic E-state index is -4.08. The molecule has 18 heavy (non-hydrogen) atoms. The zero-order valence-electron chi connectivity index (χ0n) is 9.36. The maximum Gasteiger partial charge on any atom is 0.319 e. The zero-order valence-corrected chi connectivity index (χ0v) is 10.9. The molecule has 0 aliphatic rings. The SMILES string of the molecule is CC(NCC(F)(F)C(F)F)c1ccc(F)c(Br)c1. The summed E-state index contributed by atoms with van der Waals surface area (Å²) in [6, 6.07) is 3.39. The number of halogens is 6. The molecule has 1 unspecified atom stereocenters. The first-order valence-corrected chi connectivity index (χ1v) is 5.87. The predicted octanol–water partition coefficient (Wildman–Crippen LogP) is 4.14. The summed E-state index contributed by atoms with van der Waals surface area (Å²) in [5, 5.41) is 2.29. The number of rotatable bonds is 5. The molecule has 1 aromatic carbocycles. The largest absolute Gasteiger partial charge is 0.319 e. The third kappa shape index (κ3) is 3.91. The highest BCUT2D eigenvalue weighted by Gasteiger charge is 2.40. The van der Waals surface area contributed by atoms with Crippen molar-refractivity contribution in [1.29, 1.82) is 0 Å². The Morgan fingerprint density at radius 3 is 2.44 bits per heavy atom. The Balaban J connectivity index is 2.66. The number of nitrogens with one attached hydrogen (secondary N) is 1. The summed E-state index contributed by atoms with van der Waals surface area (Å²) in [5.74, 6) is -4.56. The molecule has 0 heterocycles. The summed E-state index contributed by atoms with van der Waals surface area (Å²) in [7, 11) is 0. The molecule has 0 radical (unpaired) electrons. The van der Waals surface area contributed by atoms with E-state index in [2.05, 4.69) is 21.2 Å². The standard InChI is InChI=1S/C11H11BrF5N/c1-6(18-5-11(16,17)10(14)15)7-2-3-9(13)8(12)4-7/h2-4,6,10,18H,5H2,1H3. The molecule has 0 fully saturated rings. The van der Waals surface area contributed by atoms with Crippen molar-refractivity contribution in [2.75, 3.05) is 6.54 Å². The van der Waals surface area contributed by atoms with Crippen molar-refractivity contribution < 1.29 is 22.0 Å². The summed E-state index contributed by atoms with van der Waals surface area (Å²) < 4.78 is 62.4. The fraction of sp³-hybridized carbons (Fsp3) is 0.455. The third-order valence-corrected chi connectivity index (χ3v) is 3.01. The van der Waals surface area contributed by atoms with Crippen molar-refractivity contribution in [3.05, 3.63) is 34.1 Å². The van der Waals surface area contributed by atoms with E-state index in [1.54, 1.807) is 0 Å². The van der Waals surface area contributed by atoms with Crippen LogP contribution in [0.4, 0.5) is 22.0 Å². The van der Waals surface area contributed by atoms with E-state index in [-0.39, 0.29) is 4.47 Å². The van der Waals surface area contributed by atoms with Crippen LogP contribution >= 0.6 is 15.9 Å². The van der Waals surface area contributed by atoms with Crippen molar-refractivity contribution >= 4 is 15.9 Å². The molecule has 0 aliphatic heterocycles. The van der Waals surface area contributed by atoms with Gasteiger partial charge in [-0.25, -0.2) is 13.2 Å². The van der Waals surface area contributed by atoms with Crippen LogP contribution in [-0.4, -0.2) is 18.9 Å². The Morgan fingerprint density at radius 1 is 1.33 bits per heavy atom. The molecule has 0 aromatic heterocycles. The third-order valence-electron chi connectivity index (χ3n) is 2.41. The molecule has 7 heteroatoms. The lowest BCUT2D eigenvalue weighted by molar-refractivity contribution is -0.126. The second-order valence-electron chi connectivity index (χ2n) is 3.84. The van der Waals surface area contributed by atoms with Crippen molar-refractivity contribution in [2.24, 2.45) is 0 Å². The van der Waals surface area contributed by atoms with Crippen LogP contribution in [0.25, 0.3) is 0 Å². The highest BCUT2D eigenvalue weighted by molar-refractivity contribution is 9.10. The van der Waals surface area contributed by atoms with Gasteiger partial charge in [-0.15, -0.1) is 0 Å². The number of benzene rings is 1. The smallest absolute Gasteiger partial charge is 0.304 e. The van der Waals surface area contributed by atoms with E-state index in [9.17, 15) is 22.0 Å². The van der Waals surface area contributed by atoms with Gasteiger partial charge in [0.15, 0.2) is 0 Å². The monoisotopic (exact) mass is 331 g/mol. The van der Waals surface area contributed by atoms with Gasteiger partial charge in [-0.3, -0.25) is 0 Å². The molecule has 0 aliphatic carbocycles. The van der Waals surface area contributed by atoms with Gasteiger partial charge in [0.2, 0.25) is 0 Å². The second-order valence-corrected chi connectivity index (χ2v) is 4.69. The van der Waals surface area contributed by atoms with Crippen molar-refractivity contribution in [3.8, 4) is 0 Å². The highest BCUT2D eigenvalue weighted by atomic mass is 79.9. The van der Waals surface area contributed by atoms with Crippen molar-refractivity contribution in [3.63, 3.8) is 0 Å². The normalized spacial score (nSPS) is 14.0. The van der Waals surface area contributed by atoms with Crippen LogP contribution in [0.1, 0.15) is 18.5 Å². The summed E-state index contributed by atoms with van der Waals surface area (Å²) in [5.41, 5.74) is 0.522. The minimum absolute atomic E-state index is 0.189. The second kappa shape index (κ2) is 5.97. The lowest BCUT2D eigenvalue weighted by Gasteiger charge is -2.20. The maximum atomic E-state index is 13.0. The van der Waals surface area contributed by atoms with Crippen LogP contribution in [0, 0.1) is 5.82 Å². The van der Waals surface area contributed by atoms with E-state index in [4.69, 9.17) is 0 Å². The summed E-state index contributed by atoms with van der Waals surface area (Å²) in [4.78, 5) is 0. The minimum Gasteiger partial charge on any atom is -0.304 e. The first kappa shape index (κ1) is 15.4. The van der Waals surface area contributed by atoms with Crippen LogP contribution in [0.15, 0.2) is 22.7 Å². The quantitative estimate of drug-likeness (QED) is 0.799. The number of alkyl halides is 4. The average Bonchev–Trinajstić information content (AvgIpc) is 2.29. The molecule has 0 bridgehead atoms. The van der Waals surface area contributed by atoms with Crippen LogP contribution in [0.2, 0.25) is 0 Å². The summed E-state index contributed by atoms with van der Waals surface area (Å²) in [6.45, 7) is 0.391. The number of hydrogen-bond donors (Lipinski definition) is 1. The summed E-state index contributed by atoms with van der Waals surface area (Å²) >= 11 is 2.96. The molecule has 1 N–H and O–H groups in total.